The van der Waals surface area contributed by atoms with Gasteiger partial charge in [0.1, 0.15) is 11.5 Å². The Bertz CT molecular complexity index is 629. The molecule has 0 unspecified atom stereocenters. The monoisotopic (exact) mass is 363 g/mol. The van der Waals surface area contributed by atoms with Gasteiger partial charge in [0.2, 0.25) is 6.10 Å². The van der Waals surface area contributed by atoms with Gasteiger partial charge in [0.15, 0.2) is 0 Å². The highest BCUT2D eigenvalue weighted by Gasteiger charge is 2.30. The molecule has 0 saturated carbocycles. The molecule has 0 bridgehead atoms. The van der Waals surface area contributed by atoms with Crippen molar-refractivity contribution in [3.8, 4) is 11.5 Å². The lowest BCUT2D eigenvalue weighted by Gasteiger charge is -2.18. The van der Waals surface area contributed by atoms with Gasteiger partial charge < -0.3 is 24.5 Å². The number of carbonyl (C=O) groups is 1. The van der Waals surface area contributed by atoms with Crippen molar-refractivity contribution in [2.45, 2.75) is 32.8 Å². The molecule has 26 heavy (non-hydrogen) atoms. The van der Waals surface area contributed by atoms with Gasteiger partial charge in [0.05, 0.1) is 19.9 Å². The lowest BCUT2D eigenvalue weighted by molar-refractivity contribution is -0.131. The molecular weight excluding hydrogens is 334 g/mol. The van der Waals surface area contributed by atoms with Crippen LogP contribution >= 0.6 is 0 Å². The summed E-state index contributed by atoms with van der Waals surface area (Å²) in [5, 5.41) is 7.02. The molecule has 1 aromatic rings. The maximum absolute atomic E-state index is 12.3. The van der Waals surface area contributed by atoms with E-state index in [1.165, 1.54) is 0 Å². The number of nitrogens with one attached hydrogen (secondary N) is 1. The van der Waals surface area contributed by atoms with Crippen molar-refractivity contribution in [2.75, 3.05) is 40.4 Å². The molecule has 0 spiro atoms. The van der Waals surface area contributed by atoms with E-state index in [9.17, 15) is 4.79 Å². The Labute approximate surface area is 155 Å². The van der Waals surface area contributed by atoms with Crippen LogP contribution in [0.4, 0.5) is 0 Å². The number of ether oxygens (including phenoxy) is 2. The molecule has 1 atom stereocenters. The van der Waals surface area contributed by atoms with Gasteiger partial charge in [-0.05, 0) is 44.3 Å². The first-order valence-electron chi connectivity index (χ1n) is 9.08. The van der Waals surface area contributed by atoms with Crippen LogP contribution in [0.25, 0.3) is 0 Å². The molecule has 1 heterocycles. The molecule has 0 radical (unpaired) electrons. The van der Waals surface area contributed by atoms with Crippen LogP contribution in [0.5, 0.6) is 11.5 Å². The number of nitrogens with zero attached hydrogens (tertiary/aromatic N) is 2. The number of benzene rings is 1. The molecule has 0 saturated heterocycles. The molecule has 1 N–H and O–H groups in total. The van der Waals surface area contributed by atoms with Crippen LogP contribution in [0.2, 0.25) is 0 Å². The third-order valence-corrected chi connectivity index (χ3v) is 4.52. The number of methoxy groups -OCH3 is 2. The van der Waals surface area contributed by atoms with Gasteiger partial charge in [0, 0.05) is 18.5 Å². The highest BCUT2D eigenvalue weighted by molar-refractivity contribution is 6.06. The summed E-state index contributed by atoms with van der Waals surface area (Å²) < 4.78 is 10.6. The third kappa shape index (κ3) is 5.11. The van der Waals surface area contributed by atoms with Crippen molar-refractivity contribution in [2.24, 2.45) is 5.16 Å². The summed E-state index contributed by atoms with van der Waals surface area (Å²) in [7, 11) is 3.20. The molecule has 1 amide bonds. The first-order valence-corrected chi connectivity index (χ1v) is 9.08. The van der Waals surface area contributed by atoms with Crippen LogP contribution in [0.3, 0.4) is 0 Å². The van der Waals surface area contributed by atoms with Crippen molar-refractivity contribution in [3.05, 3.63) is 23.8 Å². The van der Waals surface area contributed by atoms with Crippen LogP contribution < -0.4 is 14.8 Å². The van der Waals surface area contributed by atoms with Crippen molar-refractivity contribution < 1.29 is 19.1 Å². The summed E-state index contributed by atoms with van der Waals surface area (Å²) in [6.07, 6.45) is 0.720. The molecule has 2 rings (SSSR count). The summed E-state index contributed by atoms with van der Waals surface area (Å²) in [6.45, 7) is 7.93. The number of hydrogen-bond acceptors (Lipinski definition) is 6. The summed E-state index contributed by atoms with van der Waals surface area (Å²) in [5.74, 6) is 1.24. The van der Waals surface area contributed by atoms with E-state index in [0.29, 0.717) is 30.2 Å². The van der Waals surface area contributed by atoms with Gasteiger partial charge >= 0.3 is 0 Å². The Morgan fingerprint density at radius 3 is 2.73 bits per heavy atom. The van der Waals surface area contributed by atoms with E-state index >= 15 is 0 Å². The van der Waals surface area contributed by atoms with Gasteiger partial charge in [0.25, 0.3) is 5.91 Å². The van der Waals surface area contributed by atoms with Gasteiger partial charge in [-0.2, -0.15) is 0 Å². The third-order valence-electron chi connectivity index (χ3n) is 4.52. The fraction of sp³-hybridized carbons (Fsp3) is 0.579. The van der Waals surface area contributed by atoms with Crippen LogP contribution in [0.1, 0.15) is 32.3 Å². The Morgan fingerprint density at radius 2 is 2.08 bits per heavy atom. The molecule has 144 valence electrons. The zero-order valence-electron chi connectivity index (χ0n) is 16.1. The second kappa shape index (κ2) is 10.0. The second-order valence-corrected chi connectivity index (χ2v) is 6.07. The molecule has 0 aliphatic carbocycles. The van der Waals surface area contributed by atoms with Crippen LogP contribution in [0.15, 0.2) is 23.4 Å². The maximum Gasteiger partial charge on any atom is 0.264 e. The number of hydrogen-bond donors (Lipinski definition) is 1. The lowest BCUT2D eigenvalue weighted by Crippen LogP contribution is -2.36. The molecule has 7 nitrogen and oxygen atoms in total. The standard InChI is InChI=1S/C19H29N3O4/c1-5-22(6-2)11-7-10-20-19(23)18-13-16(21-26-18)15-12-14(24-3)8-9-17(15)25-4/h8-9,12,18H,5-7,10-11,13H2,1-4H3,(H,20,23)/t18-/m1/s1. The summed E-state index contributed by atoms with van der Waals surface area (Å²) >= 11 is 0. The number of rotatable bonds is 10. The quantitative estimate of drug-likeness (QED) is 0.644. The lowest BCUT2D eigenvalue weighted by atomic mass is 10.0. The second-order valence-electron chi connectivity index (χ2n) is 6.07. The van der Waals surface area contributed by atoms with Crippen molar-refractivity contribution in [3.63, 3.8) is 0 Å². The van der Waals surface area contributed by atoms with E-state index in [1.54, 1.807) is 14.2 Å². The predicted octanol–water partition coefficient (Wildman–Crippen LogP) is 2.04. The summed E-state index contributed by atoms with van der Waals surface area (Å²) in [6, 6.07) is 5.47. The van der Waals surface area contributed by atoms with E-state index in [2.05, 4.69) is 29.2 Å². The zero-order valence-corrected chi connectivity index (χ0v) is 16.1. The Morgan fingerprint density at radius 1 is 1.31 bits per heavy atom. The summed E-state index contributed by atoms with van der Waals surface area (Å²) in [4.78, 5) is 20.0. The van der Waals surface area contributed by atoms with Crippen molar-refractivity contribution in [1.82, 2.24) is 10.2 Å². The molecule has 7 heteroatoms. The smallest absolute Gasteiger partial charge is 0.264 e. The number of carbonyl (C=O) groups excluding carboxylic acids is 1. The normalized spacial score (nSPS) is 16.2. The Balaban J connectivity index is 1.86. The van der Waals surface area contributed by atoms with Crippen LogP contribution in [-0.4, -0.2) is 63.0 Å². The highest BCUT2D eigenvalue weighted by atomic mass is 16.6. The number of amides is 1. The van der Waals surface area contributed by atoms with Gasteiger partial charge in [-0.1, -0.05) is 19.0 Å². The molecule has 0 aromatic heterocycles. The fourth-order valence-corrected chi connectivity index (χ4v) is 2.88. The predicted molar refractivity (Wildman–Crippen MR) is 101 cm³/mol. The van der Waals surface area contributed by atoms with Crippen LogP contribution in [0, 0.1) is 0 Å². The van der Waals surface area contributed by atoms with E-state index < -0.39 is 6.10 Å². The minimum Gasteiger partial charge on any atom is -0.497 e. The van der Waals surface area contributed by atoms with Crippen molar-refractivity contribution in [1.29, 1.82) is 0 Å². The maximum atomic E-state index is 12.3. The topological polar surface area (TPSA) is 72.4 Å². The molecule has 1 aliphatic heterocycles. The molecular formula is C19H29N3O4. The first-order chi connectivity index (χ1) is 12.6. The van der Waals surface area contributed by atoms with E-state index in [1.807, 2.05) is 18.2 Å². The minimum absolute atomic E-state index is 0.134. The first kappa shape index (κ1) is 20.0. The SMILES string of the molecule is CCN(CC)CCCNC(=O)[C@H]1CC(c2cc(OC)ccc2OC)=NO1. The largest absolute Gasteiger partial charge is 0.497 e. The molecule has 1 aromatic carbocycles. The minimum atomic E-state index is -0.602. The zero-order chi connectivity index (χ0) is 18.9. The Hall–Kier alpha value is -2.28. The van der Waals surface area contributed by atoms with E-state index in [0.717, 1.165) is 31.6 Å². The summed E-state index contributed by atoms with van der Waals surface area (Å²) in [5.41, 5.74) is 1.47. The van der Waals surface area contributed by atoms with E-state index in [-0.39, 0.29) is 5.91 Å². The molecule has 1 aliphatic rings. The van der Waals surface area contributed by atoms with E-state index in [4.69, 9.17) is 14.3 Å². The van der Waals surface area contributed by atoms with Gasteiger partial charge in [-0.25, -0.2) is 0 Å². The Kier molecular flexibility index (Phi) is 7.72. The molecule has 0 fully saturated rings. The highest BCUT2D eigenvalue weighted by Crippen LogP contribution is 2.28. The van der Waals surface area contributed by atoms with Crippen LogP contribution in [-0.2, 0) is 9.63 Å². The number of oxime groups is 1. The van der Waals surface area contributed by atoms with Crippen molar-refractivity contribution >= 4 is 11.6 Å². The average Bonchev–Trinajstić information content (AvgIpc) is 3.17. The van der Waals surface area contributed by atoms with Gasteiger partial charge in [-0.3, -0.25) is 4.79 Å². The van der Waals surface area contributed by atoms with Gasteiger partial charge in [-0.15, -0.1) is 0 Å². The fourth-order valence-electron chi connectivity index (χ4n) is 2.88. The average molecular weight is 363 g/mol.